The summed E-state index contributed by atoms with van der Waals surface area (Å²) in [6.45, 7) is 4.40. The number of nitrogens with zero attached hydrogens (tertiary/aromatic N) is 2. The highest BCUT2D eigenvalue weighted by Gasteiger charge is 2.21. The van der Waals surface area contributed by atoms with Crippen LogP contribution in [0.3, 0.4) is 0 Å². The number of nitrogens with one attached hydrogen (secondary N) is 2. The number of hydrogen-bond donors (Lipinski definition) is 2. The van der Waals surface area contributed by atoms with Crippen molar-refractivity contribution >= 4 is 28.9 Å². The molecule has 5 nitrogen and oxygen atoms in total. The van der Waals surface area contributed by atoms with Crippen LogP contribution in [0.15, 0.2) is 41.4 Å². The minimum atomic E-state index is 0.222. The highest BCUT2D eigenvalue weighted by Crippen LogP contribution is 2.21. The molecule has 1 aromatic carbocycles. The van der Waals surface area contributed by atoms with Crippen molar-refractivity contribution in [3.8, 4) is 0 Å². The van der Waals surface area contributed by atoms with Crippen molar-refractivity contribution in [2.24, 2.45) is 4.99 Å². The predicted molar refractivity (Wildman–Crippen MR) is 104 cm³/mol. The Morgan fingerprint density at radius 2 is 1.92 bits per heavy atom. The number of guanidine groups is 1. The molecule has 1 aliphatic heterocycles. The first-order chi connectivity index (χ1) is 12.2. The number of aryl methyl sites for hydroxylation is 1. The molecule has 0 aliphatic carbocycles. The first kappa shape index (κ1) is 17.5. The van der Waals surface area contributed by atoms with Crippen LogP contribution in [0.2, 0.25) is 0 Å². The van der Waals surface area contributed by atoms with E-state index in [0.29, 0.717) is 13.0 Å². The quantitative estimate of drug-likeness (QED) is 0.639. The van der Waals surface area contributed by atoms with Gasteiger partial charge in [-0.05, 0) is 43.2 Å². The fourth-order valence-corrected chi connectivity index (χ4v) is 3.70. The summed E-state index contributed by atoms with van der Waals surface area (Å²) in [5.41, 5.74) is 2.15. The van der Waals surface area contributed by atoms with Gasteiger partial charge in [-0.15, -0.1) is 11.3 Å². The number of rotatable bonds is 5. The average molecular weight is 356 g/mol. The third kappa shape index (κ3) is 4.60. The molecular weight excluding hydrogens is 332 g/mol. The van der Waals surface area contributed by atoms with Gasteiger partial charge < -0.3 is 15.5 Å². The first-order valence-corrected chi connectivity index (χ1v) is 9.36. The van der Waals surface area contributed by atoms with Crippen LogP contribution in [0.5, 0.6) is 0 Å². The summed E-state index contributed by atoms with van der Waals surface area (Å²) in [4.78, 5) is 20.5. The molecule has 1 aromatic heterocycles. The van der Waals surface area contributed by atoms with E-state index in [1.54, 1.807) is 18.4 Å². The topological polar surface area (TPSA) is 56.7 Å². The van der Waals surface area contributed by atoms with Crippen molar-refractivity contribution in [3.63, 3.8) is 0 Å². The molecule has 3 rings (SSSR count). The van der Waals surface area contributed by atoms with Gasteiger partial charge >= 0.3 is 0 Å². The first-order valence-electron chi connectivity index (χ1n) is 8.55. The number of carbonyl (C=O) groups is 1. The van der Waals surface area contributed by atoms with Crippen molar-refractivity contribution in [1.82, 2.24) is 10.6 Å². The van der Waals surface area contributed by atoms with Crippen LogP contribution in [0.25, 0.3) is 0 Å². The van der Waals surface area contributed by atoms with E-state index >= 15 is 0 Å². The van der Waals surface area contributed by atoms with E-state index < -0.39 is 0 Å². The fourth-order valence-electron chi connectivity index (χ4n) is 2.87. The number of amides is 1. The lowest BCUT2D eigenvalue weighted by molar-refractivity contribution is -0.117. The van der Waals surface area contributed by atoms with Gasteiger partial charge in [-0.1, -0.05) is 12.1 Å². The molecule has 1 aliphatic rings. The molecule has 1 saturated heterocycles. The molecular formula is C19H24N4OS. The third-order valence-corrected chi connectivity index (χ3v) is 5.23. The summed E-state index contributed by atoms with van der Waals surface area (Å²) < 4.78 is 0. The molecule has 0 saturated carbocycles. The standard InChI is InChI=1S/C19H24N4OS/c1-14-5-10-17(25-14)13-22-19(20-2)21-12-15-6-8-16(9-7-15)23-11-3-4-18(23)24/h5-10H,3-4,11-13H2,1-2H3,(H2,20,21,22). The van der Waals surface area contributed by atoms with E-state index in [4.69, 9.17) is 0 Å². The largest absolute Gasteiger partial charge is 0.352 e. The van der Waals surface area contributed by atoms with Gasteiger partial charge in [-0.25, -0.2) is 0 Å². The lowest BCUT2D eigenvalue weighted by atomic mass is 10.2. The molecule has 0 spiro atoms. The summed E-state index contributed by atoms with van der Waals surface area (Å²) in [7, 11) is 1.77. The number of hydrogen-bond acceptors (Lipinski definition) is 3. The van der Waals surface area contributed by atoms with Crippen molar-refractivity contribution < 1.29 is 4.79 Å². The van der Waals surface area contributed by atoms with Crippen LogP contribution in [-0.4, -0.2) is 25.5 Å². The predicted octanol–water partition coefficient (Wildman–Crippen LogP) is 3.05. The van der Waals surface area contributed by atoms with Crippen molar-refractivity contribution in [2.75, 3.05) is 18.5 Å². The van der Waals surface area contributed by atoms with Gasteiger partial charge in [-0.3, -0.25) is 9.79 Å². The van der Waals surface area contributed by atoms with E-state index in [-0.39, 0.29) is 5.91 Å². The molecule has 2 heterocycles. The fraction of sp³-hybridized carbons (Fsp3) is 0.368. The summed E-state index contributed by atoms with van der Waals surface area (Å²) >= 11 is 1.79. The van der Waals surface area contributed by atoms with Gasteiger partial charge in [0.25, 0.3) is 0 Å². The van der Waals surface area contributed by atoms with Gasteiger partial charge in [-0.2, -0.15) is 0 Å². The Morgan fingerprint density at radius 3 is 2.52 bits per heavy atom. The summed E-state index contributed by atoms with van der Waals surface area (Å²) in [6.07, 6.45) is 1.61. The zero-order chi connectivity index (χ0) is 17.6. The van der Waals surface area contributed by atoms with Crippen molar-refractivity contribution in [1.29, 1.82) is 0 Å². The zero-order valence-electron chi connectivity index (χ0n) is 14.7. The number of anilines is 1. The second-order valence-electron chi connectivity index (χ2n) is 6.11. The SMILES string of the molecule is CN=C(NCc1ccc(N2CCCC2=O)cc1)NCc1ccc(C)s1. The smallest absolute Gasteiger partial charge is 0.227 e. The van der Waals surface area contributed by atoms with E-state index in [9.17, 15) is 4.79 Å². The van der Waals surface area contributed by atoms with Gasteiger partial charge in [0.2, 0.25) is 5.91 Å². The van der Waals surface area contributed by atoms with Crippen LogP contribution in [-0.2, 0) is 17.9 Å². The van der Waals surface area contributed by atoms with Gasteiger partial charge in [0.05, 0.1) is 6.54 Å². The zero-order valence-corrected chi connectivity index (χ0v) is 15.5. The summed E-state index contributed by atoms with van der Waals surface area (Å²) in [5.74, 6) is 1.00. The van der Waals surface area contributed by atoms with Crippen LogP contribution in [0, 0.1) is 6.92 Å². The molecule has 6 heteroatoms. The molecule has 2 aromatic rings. The lowest BCUT2D eigenvalue weighted by Gasteiger charge is -2.16. The van der Waals surface area contributed by atoms with Crippen LogP contribution >= 0.6 is 11.3 Å². The maximum absolute atomic E-state index is 11.8. The highest BCUT2D eigenvalue weighted by molar-refractivity contribution is 7.11. The molecule has 1 amide bonds. The minimum Gasteiger partial charge on any atom is -0.352 e. The number of benzene rings is 1. The molecule has 0 atom stereocenters. The van der Waals surface area contributed by atoms with Crippen LogP contribution in [0.4, 0.5) is 5.69 Å². The van der Waals surface area contributed by atoms with Crippen LogP contribution < -0.4 is 15.5 Å². The lowest BCUT2D eigenvalue weighted by Crippen LogP contribution is -2.36. The Balaban J connectivity index is 1.50. The minimum absolute atomic E-state index is 0.222. The normalized spacial score (nSPS) is 14.9. The average Bonchev–Trinajstić information content (AvgIpc) is 3.24. The van der Waals surface area contributed by atoms with Crippen molar-refractivity contribution in [2.45, 2.75) is 32.9 Å². The third-order valence-electron chi connectivity index (χ3n) is 4.23. The second kappa shape index (κ2) is 8.16. The molecule has 2 N–H and O–H groups in total. The Morgan fingerprint density at radius 1 is 1.16 bits per heavy atom. The summed E-state index contributed by atoms with van der Waals surface area (Å²) in [5, 5.41) is 6.65. The Labute approximate surface area is 152 Å². The van der Waals surface area contributed by atoms with Gasteiger partial charge in [0.15, 0.2) is 5.96 Å². The number of carbonyl (C=O) groups excluding carboxylic acids is 1. The molecule has 0 bridgehead atoms. The Hall–Kier alpha value is -2.34. The maximum atomic E-state index is 11.8. The Bertz CT molecular complexity index is 751. The Kier molecular flexibility index (Phi) is 5.71. The summed E-state index contributed by atoms with van der Waals surface area (Å²) in [6, 6.07) is 12.4. The van der Waals surface area contributed by atoms with Gasteiger partial charge in [0.1, 0.15) is 0 Å². The molecule has 1 fully saturated rings. The number of aliphatic imine (C=N–C) groups is 1. The monoisotopic (exact) mass is 356 g/mol. The van der Waals surface area contributed by atoms with E-state index in [1.165, 1.54) is 9.75 Å². The second-order valence-corrected chi connectivity index (χ2v) is 7.48. The molecule has 25 heavy (non-hydrogen) atoms. The van der Waals surface area contributed by atoms with Gasteiger partial charge in [0, 0.05) is 42.0 Å². The number of thiophene rings is 1. The van der Waals surface area contributed by atoms with E-state index in [1.807, 2.05) is 17.0 Å². The molecule has 0 radical (unpaired) electrons. The van der Waals surface area contributed by atoms with E-state index in [0.717, 1.165) is 36.7 Å². The highest BCUT2D eigenvalue weighted by atomic mass is 32.1. The van der Waals surface area contributed by atoms with Crippen molar-refractivity contribution in [3.05, 3.63) is 51.7 Å². The molecule has 132 valence electrons. The van der Waals surface area contributed by atoms with E-state index in [2.05, 4.69) is 46.8 Å². The maximum Gasteiger partial charge on any atom is 0.227 e. The van der Waals surface area contributed by atoms with Crippen LogP contribution in [0.1, 0.15) is 28.2 Å². The molecule has 0 unspecified atom stereocenters.